The summed E-state index contributed by atoms with van der Waals surface area (Å²) in [6.07, 6.45) is -0.278. The van der Waals surface area contributed by atoms with Crippen LogP contribution in [-0.4, -0.2) is 39.3 Å². The van der Waals surface area contributed by atoms with E-state index in [9.17, 15) is 5.11 Å². The molecule has 102 valence electrons. The van der Waals surface area contributed by atoms with Crippen molar-refractivity contribution in [3.8, 4) is 11.5 Å². The monoisotopic (exact) mass is 255 g/mol. The molecule has 0 heterocycles. The Bertz CT molecular complexity index is 366. The van der Waals surface area contributed by atoms with Crippen LogP contribution in [0.15, 0.2) is 18.2 Å². The first-order chi connectivity index (χ1) is 8.62. The fourth-order valence-electron chi connectivity index (χ4n) is 1.63. The molecule has 0 aromatic heterocycles. The van der Waals surface area contributed by atoms with Crippen molar-refractivity contribution < 1.29 is 19.3 Å². The molecule has 0 amide bonds. The molecule has 0 unspecified atom stereocenters. The minimum atomic E-state index is -0.278. The lowest BCUT2D eigenvalue weighted by atomic mass is 10.1. The average molecular weight is 255 g/mol. The van der Waals surface area contributed by atoms with Gasteiger partial charge in [-0.15, -0.1) is 0 Å². The van der Waals surface area contributed by atoms with Crippen LogP contribution < -0.4 is 10.1 Å². The molecule has 0 fully saturated rings. The molecule has 1 rings (SSSR count). The Morgan fingerprint density at radius 2 is 1.89 bits per heavy atom. The lowest BCUT2D eigenvalue weighted by molar-refractivity contribution is -0.0997. The van der Waals surface area contributed by atoms with Crippen molar-refractivity contribution in [1.82, 2.24) is 5.32 Å². The summed E-state index contributed by atoms with van der Waals surface area (Å²) in [7, 11) is 4.72. The van der Waals surface area contributed by atoms with E-state index < -0.39 is 0 Å². The maximum atomic E-state index is 9.71. The molecule has 18 heavy (non-hydrogen) atoms. The fraction of sp³-hybridized carbons (Fsp3) is 0.538. The van der Waals surface area contributed by atoms with Crippen LogP contribution in [0.5, 0.6) is 11.5 Å². The van der Waals surface area contributed by atoms with Gasteiger partial charge in [-0.25, -0.2) is 0 Å². The van der Waals surface area contributed by atoms with E-state index in [4.69, 9.17) is 14.2 Å². The minimum absolute atomic E-state index is 0.0783. The third-order valence-electron chi connectivity index (χ3n) is 2.82. The summed E-state index contributed by atoms with van der Waals surface area (Å²) in [4.78, 5) is 0. The van der Waals surface area contributed by atoms with Gasteiger partial charge < -0.3 is 24.6 Å². The van der Waals surface area contributed by atoms with Gasteiger partial charge in [0.15, 0.2) is 17.8 Å². The van der Waals surface area contributed by atoms with Crippen molar-refractivity contribution >= 4 is 0 Å². The van der Waals surface area contributed by atoms with Gasteiger partial charge in [-0.05, 0) is 24.6 Å². The van der Waals surface area contributed by atoms with E-state index in [1.165, 1.54) is 7.11 Å². The Morgan fingerprint density at radius 1 is 1.22 bits per heavy atom. The number of rotatable bonds is 7. The molecule has 0 spiro atoms. The molecule has 0 aliphatic heterocycles. The molecule has 1 aromatic rings. The summed E-state index contributed by atoms with van der Waals surface area (Å²) in [6, 6.07) is 5.41. The number of benzene rings is 1. The standard InChI is InChI=1S/C13H21NO4/c1-9(14-8-13(17-3)18-4)10-5-6-12(16-2)11(15)7-10/h5-7,9,13-15H,8H2,1-4H3/t9-/m0/s1. The molecule has 0 bridgehead atoms. The second kappa shape index (κ2) is 7.20. The summed E-state index contributed by atoms with van der Waals surface area (Å²) in [6.45, 7) is 2.57. The molecular formula is C13H21NO4. The highest BCUT2D eigenvalue weighted by Gasteiger charge is 2.11. The van der Waals surface area contributed by atoms with Crippen molar-refractivity contribution in [2.24, 2.45) is 0 Å². The van der Waals surface area contributed by atoms with Crippen LogP contribution in [0.1, 0.15) is 18.5 Å². The normalized spacial score (nSPS) is 12.7. The maximum Gasteiger partial charge on any atom is 0.169 e. The van der Waals surface area contributed by atoms with Crippen LogP contribution in [0.25, 0.3) is 0 Å². The van der Waals surface area contributed by atoms with Crippen molar-refractivity contribution in [3.05, 3.63) is 23.8 Å². The summed E-state index contributed by atoms with van der Waals surface area (Å²) < 4.78 is 15.2. The number of hydrogen-bond acceptors (Lipinski definition) is 5. The Kier molecular flexibility index (Phi) is 5.91. The van der Waals surface area contributed by atoms with Gasteiger partial charge in [0.05, 0.1) is 7.11 Å². The highest BCUT2D eigenvalue weighted by atomic mass is 16.7. The van der Waals surface area contributed by atoms with Crippen LogP contribution >= 0.6 is 0 Å². The van der Waals surface area contributed by atoms with E-state index in [1.807, 2.05) is 13.0 Å². The third-order valence-corrected chi connectivity index (χ3v) is 2.82. The number of phenolic OH excluding ortho intramolecular Hbond substituents is 1. The van der Waals surface area contributed by atoms with Crippen LogP contribution in [-0.2, 0) is 9.47 Å². The van der Waals surface area contributed by atoms with Crippen molar-refractivity contribution in [1.29, 1.82) is 0 Å². The van der Waals surface area contributed by atoms with E-state index in [1.54, 1.807) is 26.4 Å². The first-order valence-electron chi connectivity index (χ1n) is 5.78. The first kappa shape index (κ1) is 14.8. The van der Waals surface area contributed by atoms with E-state index in [2.05, 4.69) is 5.32 Å². The molecular weight excluding hydrogens is 234 g/mol. The topological polar surface area (TPSA) is 60.0 Å². The Morgan fingerprint density at radius 3 is 2.39 bits per heavy atom. The molecule has 0 aliphatic rings. The predicted octanol–water partition coefficient (Wildman–Crippen LogP) is 1.67. The summed E-state index contributed by atoms with van der Waals surface area (Å²) in [5, 5.41) is 13.0. The van der Waals surface area contributed by atoms with Gasteiger partial charge in [0.1, 0.15) is 0 Å². The molecule has 1 atom stereocenters. The third kappa shape index (κ3) is 3.87. The summed E-state index contributed by atoms with van der Waals surface area (Å²) in [5.74, 6) is 0.608. The Balaban J connectivity index is 2.61. The molecule has 5 heteroatoms. The van der Waals surface area contributed by atoms with Crippen molar-refractivity contribution in [2.45, 2.75) is 19.3 Å². The molecule has 0 aliphatic carbocycles. The predicted molar refractivity (Wildman–Crippen MR) is 68.9 cm³/mol. The number of nitrogens with one attached hydrogen (secondary N) is 1. The van der Waals surface area contributed by atoms with Gasteiger partial charge in [0.25, 0.3) is 0 Å². The van der Waals surface area contributed by atoms with Gasteiger partial charge in [-0.1, -0.05) is 6.07 Å². The van der Waals surface area contributed by atoms with Crippen LogP contribution in [0, 0.1) is 0 Å². The zero-order chi connectivity index (χ0) is 13.5. The summed E-state index contributed by atoms with van der Waals surface area (Å²) >= 11 is 0. The smallest absolute Gasteiger partial charge is 0.169 e. The molecule has 0 saturated heterocycles. The highest BCUT2D eigenvalue weighted by molar-refractivity contribution is 5.42. The molecule has 0 saturated carbocycles. The van der Waals surface area contributed by atoms with E-state index >= 15 is 0 Å². The molecule has 1 aromatic carbocycles. The number of aromatic hydroxyl groups is 1. The van der Waals surface area contributed by atoms with Gasteiger partial charge >= 0.3 is 0 Å². The number of methoxy groups -OCH3 is 3. The van der Waals surface area contributed by atoms with E-state index in [0.29, 0.717) is 12.3 Å². The van der Waals surface area contributed by atoms with Crippen molar-refractivity contribution in [3.63, 3.8) is 0 Å². The minimum Gasteiger partial charge on any atom is -0.504 e. The first-order valence-corrected chi connectivity index (χ1v) is 5.78. The maximum absolute atomic E-state index is 9.71. The summed E-state index contributed by atoms with van der Waals surface area (Å²) in [5.41, 5.74) is 0.972. The zero-order valence-corrected chi connectivity index (χ0v) is 11.3. The second-order valence-corrected chi connectivity index (χ2v) is 3.96. The van der Waals surface area contributed by atoms with Crippen LogP contribution in [0.3, 0.4) is 0 Å². The largest absolute Gasteiger partial charge is 0.504 e. The fourth-order valence-corrected chi connectivity index (χ4v) is 1.63. The number of phenols is 1. The molecule has 5 nitrogen and oxygen atoms in total. The van der Waals surface area contributed by atoms with Crippen LogP contribution in [0.4, 0.5) is 0 Å². The molecule has 0 radical (unpaired) electrons. The number of hydrogen-bond donors (Lipinski definition) is 2. The van der Waals surface area contributed by atoms with E-state index in [-0.39, 0.29) is 18.1 Å². The lowest BCUT2D eigenvalue weighted by Crippen LogP contribution is -2.31. The van der Waals surface area contributed by atoms with Gasteiger partial charge in [-0.2, -0.15) is 0 Å². The average Bonchev–Trinajstić information content (AvgIpc) is 2.39. The van der Waals surface area contributed by atoms with E-state index in [0.717, 1.165) is 5.56 Å². The zero-order valence-electron chi connectivity index (χ0n) is 11.3. The van der Waals surface area contributed by atoms with Crippen molar-refractivity contribution in [2.75, 3.05) is 27.9 Å². The van der Waals surface area contributed by atoms with Crippen LogP contribution in [0.2, 0.25) is 0 Å². The van der Waals surface area contributed by atoms with Gasteiger partial charge in [0, 0.05) is 26.8 Å². The second-order valence-electron chi connectivity index (χ2n) is 3.96. The quantitative estimate of drug-likeness (QED) is 0.726. The Labute approximate surface area is 108 Å². The van der Waals surface area contributed by atoms with Gasteiger partial charge in [0.2, 0.25) is 0 Å². The Hall–Kier alpha value is -1.30. The SMILES string of the molecule is COc1ccc([C@H](C)NCC(OC)OC)cc1O. The highest BCUT2D eigenvalue weighted by Crippen LogP contribution is 2.28. The lowest BCUT2D eigenvalue weighted by Gasteiger charge is -2.19. The van der Waals surface area contributed by atoms with Gasteiger partial charge in [-0.3, -0.25) is 0 Å². The number of ether oxygens (including phenoxy) is 3. The molecule has 2 N–H and O–H groups in total.